The third-order valence-electron chi connectivity index (χ3n) is 5.01. The minimum Gasteiger partial charge on any atom is -0.496 e. The summed E-state index contributed by atoms with van der Waals surface area (Å²) in [6.07, 6.45) is 5.53. The Morgan fingerprint density at radius 1 is 1.23 bits per heavy atom. The normalized spacial score (nSPS) is 13.9. The van der Waals surface area contributed by atoms with Gasteiger partial charge in [-0.05, 0) is 24.3 Å². The summed E-state index contributed by atoms with van der Waals surface area (Å²) in [5, 5.41) is 3.43. The van der Waals surface area contributed by atoms with Crippen LogP contribution in [0.2, 0.25) is 5.02 Å². The van der Waals surface area contributed by atoms with E-state index in [1.54, 1.807) is 18.3 Å². The smallest absolute Gasteiger partial charge is 0.255 e. The zero-order chi connectivity index (χ0) is 20.9. The van der Waals surface area contributed by atoms with Crippen LogP contribution in [0.3, 0.4) is 0 Å². The van der Waals surface area contributed by atoms with Crippen molar-refractivity contribution in [2.45, 2.75) is 6.54 Å². The van der Waals surface area contributed by atoms with Gasteiger partial charge in [-0.1, -0.05) is 17.7 Å². The molecule has 1 aliphatic rings. The number of nitrogens with zero attached hydrogens (tertiary/aromatic N) is 3. The average molecular weight is 427 g/mol. The number of rotatable bonds is 6. The molecule has 156 valence electrons. The second-order valence-electron chi connectivity index (χ2n) is 6.86. The Balaban J connectivity index is 1.53. The number of carbonyl (C=O) groups excluding carboxylic acids is 1. The second-order valence-corrected chi connectivity index (χ2v) is 7.27. The van der Waals surface area contributed by atoms with Gasteiger partial charge in [0.1, 0.15) is 11.6 Å². The Bertz CT molecular complexity index is 1020. The van der Waals surface area contributed by atoms with Gasteiger partial charge in [-0.15, -0.1) is 0 Å². The van der Waals surface area contributed by atoms with Gasteiger partial charge in [0, 0.05) is 49.9 Å². The van der Waals surface area contributed by atoms with Crippen molar-refractivity contribution in [3.05, 3.63) is 71.1 Å². The first kappa shape index (κ1) is 20.3. The fraction of sp³-hybridized carbons (Fsp3) is 0.273. The highest BCUT2D eigenvalue weighted by Crippen LogP contribution is 2.30. The van der Waals surface area contributed by atoms with Gasteiger partial charge in [-0.3, -0.25) is 4.79 Å². The van der Waals surface area contributed by atoms with E-state index in [0.29, 0.717) is 36.1 Å². The fourth-order valence-electron chi connectivity index (χ4n) is 3.48. The molecule has 0 spiro atoms. The van der Waals surface area contributed by atoms with E-state index in [4.69, 9.17) is 21.1 Å². The number of pyridine rings is 1. The number of morpholine rings is 1. The monoisotopic (exact) mass is 426 g/mol. The van der Waals surface area contributed by atoms with Gasteiger partial charge < -0.3 is 24.3 Å². The average Bonchev–Trinajstić information content (AvgIpc) is 3.33. The molecule has 3 heterocycles. The standard InChI is InChI=1S/C22H23ClN4O3/c1-29-20-14-19(26-7-2-3-8-26)18(23)13-17(20)22(28)25-15-16-5-4-6-24-21(16)27-9-11-30-12-10-27/h2-8,13-14H,9-12,15H2,1H3,(H,25,28). The topological polar surface area (TPSA) is 68.6 Å². The first-order valence-corrected chi connectivity index (χ1v) is 10.1. The van der Waals surface area contributed by atoms with Gasteiger partial charge in [0.05, 0.1) is 36.6 Å². The molecule has 1 amide bonds. The number of benzene rings is 1. The van der Waals surface area contributed by atoms with E-state index in [0.717, 1.165) is 30.2 Å². The highest BCUT2D eigenvalue weighted by atomic mass is 35.5. The van der Waals surface area contributed by atoms with Crippen LogP contribution in [-0.2, 0) is 11.3 Å². The van der Waals surface area contributed by atoms with Crippen molar-refractivity contribution in [1.29, 1.82) is 0 Å². The number of anilines is 1. The maximum absolute atomic E-state index is 12.9. The first-order valence-electron chi connectivity index (χ1n) is 9.73. The Morgan fingerprint density at radius 2 is 2.00 bits per heavy atom. The lowest BCUT2D eigenvalue weighted by atomic mass is 10.1. The largest absolute Gasteiger partial charge is 0.496 e. The highest BCUT2D eigenvalue weighted by Gasteiger charge is 2.19. The van der Waals surface area contributed by atoms with E-state index in [1.807, 2.05) is 41.2 Å². The van der Waals surface area contributed by atoms with Crippen LogP contribution in [0.25, 0.3) is 5.69 Å². The molecule has 0 bridgehead atoms. The molecule has 1 N–H and O–H groups in total. The molecular formula is C22H23ClN4O3. The quantitative estimate of drug-likeness (QED) is 0.655. The number of methoxy groups -OCH3 is 1. The van der Waals surface area contributed by atoms with Gasteiger partial charge in [0.2, 0.25) is 0 Å². The maximum Gasteiger partial charge on any atom is 0.255 e. The van der Waals surface area contributed by atoms with Crippen LogP contribution < -0.4 is 15.0 Å². The van der Waals surface area contributed by atoms with Crippen LogP contribution in [0.4, 0.5) is 5.82 Å². The van der Waals surface area contributed by atoms with E-state index < -0.39 is 0 Å². The Kier molecular flexibility index (Phi) is 6.21. The zero-order valence-electron chi connectivity index (χ0n) is 16.7. The number of halogens is 1. The summed E-state index contributed by atoms with van der Waals surface area (Å²) in [6, 6.07) is 11.1. The van der Waals surface area contributed by atoms with E-state index in [1.165, 1.54) is 7.11 Å². The van der Waals surface area contributed by atoms with Crippen LogP contribution in [0.15, 0.2) is 55.0 Å². The van der Waals surface area contributed by atoms with Crippen LogP contribution >= 0.6 is 11.6 Å². The molecule has 3 aromatic rings. The van der Waals surface area contributed by atoms with Crippen LogP contribution in [0, 0.1) is 0 Å². The number of hydrogen-bond donors (Lipinski definition) is 1. The third-order valence-corrected chi connectivity index (χ3v) is 5.32. The predicted molar refractivity (Wildman–Crippen MR) is 116 cm³/mol. The molecule has 1 aromatic carbocycles. The van der Waals surface area contributed by atoms with Crippen molar-refractivity contribution in [2.24, 2.45) is 0 Å². The molecule has 30 heavy (non-hydrogen) atoms. The van der Waals surface area contributed by atoms with Gasteiger partial charge in [0.25, 0.3) is 5.91 Å². The SMILES string of the molecule is COc1cc(-n2cccc2)c(Cl)cc1C(=O)NCc1cccnc1N1CCOCC1. The number of aromatic nitrogens is 2. The molecule has 0 atom stereocenters. The van der Waals surface area contributed by atoms with E-state index in [-0.39, 0.29) is 5.91 Å². The molecular weight excluding hydrogens is 404 g/mol. The van der Waals surface area contributed by atoms with Crippen LogP contribution in [0.1, 0.15) is 15.9 Å². The predicted octanol–water partition coefficient (Wildman–Crippen LogP) is 3.30. The molecule has 1 aliphatic heterocycles. The Morgan fingerprint density at radius 3 is 2.73 bits per heavy atom. The Hall–Kier alpha value is -3.03. The van der Waals surface area contributed by atoms with Gasteiger partial charge in [-0.25, -0.2) is 4.98 Å². The lowest BCUT2D eigenvalue weighted by Gasteiger charge is -2.29. The maximum atomic E-state index is 12.9. The summed E-state index contributed by atoms with van der Waals surface area (Å²) in [5.41, 5.74) is 2.08. The Labute approximate surface area is 180 Å². The zero-order valence-corrected chi connectivity index (χ0v) is 17.4. The number of ether oxygens (including phenoxy) is 2. The van der Waals surface area contributed by atoms with Crippen LogP contribution in [-0.4, -0.2) is 48.9 Å². The van der Waals surface area contributed by atoms with Crippen molar-refractivity contribution < 1.29 is 14.3 Å². The molecule has 0 radical (unpaired) electrons. The summed E-state index contributed by atoms with van der Waals surface area (Å²) in [7, 11) is 1.54. The van der Waals surface area contributed by atoms with Crippen molar-refractivity contribution in [3.63, 3.8) is 0 Å². The molecule has 2 aromatic heterocycles. The molecule has 0 saturated carbocycles. The highest BCUT2D eigenvalue weighted by molar-refractivity contribution is 6.33. The van der Waals surface area contributed by atoms with Gasteiger partial charge in [-0.2, -0.15) is 0 Å². The second kappa shape index (κ2) is 9.19. The molecule has 8 heteroatoms. The van der Waals surface area contributed by atoms with E-state index in [2.05, 4.69) is 15.2 Å². The molecule has 0 unspecified atom stereocenters. The molecule has 1 fully saturated rings. The molecule has 1 saturated heterocycles. The number of carbonyl (C=O) groups is 1. The minimum absolute atomic E-state index is 0.260. The molecule has 4 rings (SSSR count). The molecule has 7 nitrogen and oxygen atoms in total. The third kappa shape index (κ3) is 4.27. The van der Waals surface area contributed by atoms with Gasteiger partial charge in [0.15, 0.2) is 0 Å². The number of hydrogen-bond acceptors (Lipinski definition) is 5. The van der Waals surface area contributed by atoms with E-state index in [9.17, 15) is 4.79 Å². The summed E-state index contributed by atoms with van der Waals surface area (Å²) >= 11 is 6.45. The van der Waals surface area contributed by atoms with Crippen molar-refractivity contribution in [3.8, 4) is 11.4 Å². The minimum atomic E-state index is -0.260. The molecule has 0 aliphatic carbocycles. The summed E-state index contributed by atoms with van der Waals surface area (Å²) in [6.45, 7) is 3.25. The van der Waals surface area contributed by atoms with E-state index >= 15 is 0 Å². The van der Waals surface area contributed by atoms with Gasteiger partial charge >= 0.3 is 0 Å². The fourth-order valence-corrected chi connectivity index (χ4v) is 3.74. The van der Waals surface area contributed by atoms with Crippen molar-refractivity contribution in [1.82, 2.24) is 14.9 Å². The first-order chi connectivity index (χ1) is 14.7. The lowest BCUT2D eigenvalue weighted by molar-refractivity contribution is 0.0947. The van der Waals surface area contributed by atoms with Crippen molar-refractivity contribution in [2.75, 3.05) is 38.3 Å². The van der Waals surface area contributed by atoms with Crippen LogP contribution in [0.5, 0.6) is 5.75 Å². The summed E-state index contributed by atoms with van der Waals surface area (Å²) in [5.74, 6) is 1.07. The number of amides is 1. The lowest BCUT2D eigenvalue weighted by Crippen LogP contribution is -2.37. The number of nitrogens with one attached hydrogen (secondary N) is 1. The summed E-state index contributed by atoms with van der Waals surface area (Å²) in [4.78, 5) is 19.6. The summed E-state index contributed by atoms with van der Waals surface area (Å²) < 4.78 is 12.8. The van der Waals surface area contributed by atoms with Crippen molar-refractivity contribution >= 4 is 23.3 Å².